The van der Waals surface area contributed by atoms with E-state index in [0.29, 0.717) is 5.69 Å². The van der Waals surface area contributed by atoms with E-state index in [1.165, 1.54) is 12.1 Å². The zero-order valence-electron chi connectivity index (χ0n) is 9.77. The Balaban J connectivity index is 2.13. The van der Waals surface area contributed by atoms with Crippen molar-refractivity contribution >= 4 is 34.9 Å². The van der Waals surface area contributed by atoms with E-state index >= 15 is 0 Å². The molecule has 0 aliphatic heterocycles. The number of hydrogen-bond acceptors (Lipinski definition) is 4. The highest BCUT2D eigenvalue weighted by molar-refractivity contribution is 6.44. The lowest BCUT2D eigenvalue weighted by atomic mass is 10.2. The number of ether oxygens (including phenoxy) is 1. The largest absolute Gasteiger partial charge is 0.457 e. The Hall–Kier alpha value is -1.78. The molecule has 2 rings (SSSR count). The number of rotatable bonds is 3. The van der Waals surface area contributed by atoms with E-state index < -0.39 is 5.97 Å². The summed E-state index contributed by atoms with van der Waals surface area (Å²) in [6, 6.07) is 6.41. The fourth-order valence-electron chi connectivity index (χ4n) is 1.46. The third-order valence-corrected chi connectivity index (χ3v) is 3.19. The van der Waals surface area contributed by atoms with Crippen molar-refractivity contribution in [1.29, 1.82) is 0 Å². The van der Waals surface area contributed by atoms with Crippen molar-refractivity contribution in [1.82, 2.24) is 4.98 Å². The summed E-state index contributed by atoms with van der Waals surface area (Å²) in [7, 11) is 0. The van der Waals surface area contributed by atoms with Crippen LogP contribution >= 0.6 is 23.2 Å². The van der Waals surface area contributed by atoms with Gasteiger partial charge in [0.2, 0.25) is 0 Å². The van der Waals surface area contributed by atoms with Crippen LogP contribution in [0.1, 0.15) is 15.9 Å². The number of pyridine rings is 1. The van der Waals surface area contributed by atoms with Crippen LogP contribution in [0.3, 0.4) is 0 Å². The number of nitrogens with two attached hydrogens (primary N) is 1. The molecule has 0 saturated carbocycles. The third-order valence-electron chi connectivity index (χ3n) is 2.39. The van der Waals surface area contributed by atoms with Crippen molar-refractivity contribution < 1.29 is 9.53 Å². The number of anilines is 1. The summed E-state index contributed by atoms with van der Waals surface area (Å²) >= 11 is 11.8. The molecule has 1 aromatic heterocycles. The molecule has 0 saturated heterocycles. The number of halogens is 2. The Morgan fingerprint density at radius 1 is 1.26 bits per heavy atom. The van der Waals surface area contributed by atoms with E-state index in [1.54, 1.807) is 24.5 Å². The van der Waals surface area contributed by atoms with Crippen LogP contribution in [-0.4, -0.2) is 11.0 Å². The van der Waals surface area contributed by atoms with Crippen LogP contribution in [0.4, 0.5) is 5.69 Å². The highest BCUT2D eigenvalue weighted by Gasteiger charge is 2.15. The minimum Gasteiger partial charge on any atom is -0.457 e. The van der Waals surface area contributed by atoms with Crippen molar-refractivity contribution in [2.45, 2.75) is 6.61 Å². The van der Waals surface area contributed by atoms with Gasteiger partial charge >= 0.3 is 5.97 Å². The summed E-state index contributed by atoms with van der Waals surface area (Å²) in [6.07, 6.45) is 3.24. The van der Waals surface area contributed by atoms with Gasteiger partial charge in [0.25, 0.3) is 0 Å². The van der Waals surface area contributed by atoms with Gasteiger partial charge < -0.3 is 10.5 Å². The Morgan fingerprint density at radius 3 is 2.63 bits per heavy atom. The van der Waals surface area contributed by atoms with Crippen LogP contribution in [0.25, 0.3) is 0 Å². The smallest absolute Gasteiger partial charge is 0.340 e. The minimum absolute atomic E-state index is 0.129. The molecule has 4 nitrogen and oxygen atoms in total. The molecule has 0 aliphatic carbocycles. The molecule has 0 radical (unpaired) electrons. The molecule has 0 spiro atoms. The van der Waals surface area contributed by atoms with Gasteiger partial charge in [-0.15, -0.1) is 0 Å². The maximum atomic E-state index is 11.9. The number of carbonyl (C=O) groups is 1. The van der Waals surface area contributed by atoms with Crippen LogP contribution < -0.4 is 5.73 Å². The van der Waals surface area contributed by atoms with Gasteiger partial charge in [-0.2, -0.15) is 0 Å². The topological polar surface area (TPSA) is 65.2 Å². The zero-order chi connectivity index (χ0) is 13.8. The fourth-order valence-corrected chi connectivity index (χ4v) is 1.88. The number of esters is 1. The van der Waals surface area contributed by atoms with Crippen molar-refractivity contribution in [3.05, 3.63) is 57.8 Å². The molecule has 0 fully saturated rings. The Bertz CT molecular complexity index is 603. The summed E-state index contributed by atoms with van der Waals surface area (Å²) < 4.78 is 5.14. The summed E-state index contributed by atoms with van der Waals surface area (Å²) in [6.45, 7) is 0.129. The lowest BCUT2D eigenvalue weighted by Crippen LogP contribution is -2.07. The maximum Gasteiger partial charge on any atom is 0.340 e. The first kappa shape index (κ1) is 13.6. The number of benzene rings is 1. The maximum absolute atomic E-state index is 11.9. The van der Waals surface area contributed by atoms with Crippen LogP contribution in [0.5, 0.6) is 0 Å². The normalized spacial score (nSPS) is 10.2. The predicted octanol–water partition coefficient (Wildman–Crippen LogP) is 3.33. The summed E-state index contributed by atoms with van der Waals surface area (Å²) in [5.41, 5.74) is 6.95. The molecular formula is C13H10Cl2N2O2. The molecule has 1 aromatic carbocycles. The second kappa shape index (κ2) is 5.91. The molecule has 1 heterocycles. The third kappa shape index (κ3) is 3.36. The molecule has 98 valence electrons. The number of nitrogens with zero attached hydrogens (tertiary/aromatic N) is 1. The first-order chi connectivity index (χ1) is 9.08. The number of hydrogen-bond donors (Lipinski definition) is 1. The molecule has 0 atom stereocenters. The predicted molar refractivity (Wildman–Crippen MR) is 74.2 cm³/mol. The molecule has 0 bridgehead atoms. The van der Waals surface area contributed by atoms with Gasteiger partial charge in [-0.05, 0) is 29.8 Å². The van der Waals surface area contributed by atoms with E-state index in [9.17, 15) is 4.79 Å². The second-order valence-electron chi connectivity index (χ2n) is 3.80. The van der Waals surface area contributed by atoms with Crippen molar-refractivity contribution in [2.24, 2.45) is 0 Å². The summed E-state index contributed by atoms with van der Waals surface area (Å²) in [5, 5.41) is 0.355. The Labute approximate surface area is 120 Å². The lowest BCUT2D eigenvalue weighted by molar-refractivity contribution is 0.0473. The van der Waals surface area contributed by atoms with Gasteiger partial charge in [-0.3, -0.25) is 4.98 Å². The standard InChI is InChI=1S/C13H10Cl2N2O2/c14-11-6-9(16)5-10(12(11)15)13(18)19-7-8-1-3-17-4-2-8/h1-6H,7,16H2. The molecule has 0 amide bonds. The van der Waals surface area contributed by atoms with Gasteiger partial charge in [0.1, 0.15) is 6.61 Å². The van der Waals surface area contributed by atoms with Crippen molar-refractivity contribution in [2.75, 3.05) is 5.73 Å². The van der Waals surface area contributed by atoms with E-state index in [4.69, 9.17) is 33.7 Å². The number of carbonyl (C=O) groups excluding carboxylic acids is 1. The number of aromatic nitrogens is 1. The van der Waals surface area contributed by atoms with Crippen molar-refractivity contribution in [3.8, 4) is 0 Å². The lowest BCUT2D eigenvalue weighted by Gasteiger charge is -2.08. The minimum atomic E-state index is -0.573. The average Bonchev–Trinajstić information content (AvgIpc) is 2.41. The highest BCUT2D eigenvalue weighted by atomic mass is 35.5. The van der Waals surface area contributed by atoms with Gasteiger partial charge in [-0.1, -0.05) is 23.2 Å². The summed E-state index contributed by atoms with van der Waals surface area (Å²) in [5.74, 6) is -0.573. The van der Waals surface area contributed by atoms with Crippen LogP contribution in [0.15, 0.2) is 36.7 Å². The van der Waals surface area contributed by atoms with Crippen molar-refractivity contribution in [3.63, 3.8) is 0 Å². The molecular weight excluding hydrogens is 287 g/mol. The first-order valence-electron chi connectivity index (χ1n) is 5.38. The first-order valence-corrected chi connectivity index (χ1v) is 6.14. The van der Waals surface area contributed by atoms with E-state index in [0.717, 1.165) is 5.56 Å². The molecule has 2 N–H and O–H groups in total. The number of nitrogen functional groups attached to an aromatic ring is 1. The molecule has 6 heteroatoms. The molecule has 2 aromatic rings. The molecule has 0 aliphatic rings. The monoisotopic (exact) mass is 296 g/mol. The summed E-state index contributed by atoms with van der Waals surface area (Å²) in [4.78, 5) is 15.8. The molecule has 19 heavy (non-hydrogen) atoms. The second-order valence-corrected chi connectivity index (χ2v) is 4.58. The zero-order valence-corrected chi connectivity index (χ0v) is 11.3. The highest BCUT2D eigenvalue weighted by Crippen LogP contribution is 2.29. The molecule has 0 unspecified atom stereocenters. The van der Waals surface area contributed by atoms with Gasteiger partial charge in [0, 0.05) is 18.1 Å². The average molecular weight is 297 g/mol. The Kier molecular flexibility index (Phi) is 4.24. The van der Waals surface area contributed by atoms with Gasteiger partial charge in [-0.25, -0.2) is 4.79 Å². The SMILES string of the molecule is Nc1cc(Cl)c(Cl)c(C(=O)OCc2ccncc2)c1. The van der Waals surface area contributed by atoms with Crippen LogP contribution in [-0.2, 0) is 11.3 Å². The Morgan fingerprint density at radius 2 is 1.95 bits per heavy atom. The van der Waals surface area contributed by atoms with Gasteiger partial charge in [0.15, 0.2) is 0 Å². The van der Waals surface area contributed by atoms with Crippen LogP contribution in [0, 0.1) is 0 Å². The van der Waals surface area contributed by atoms with E-state index in [2.05, 4.69) is 4.98 Å². The van der Waals surface area contributed by atoms with Crippen LogP contribution in [0.2, 0.25) is 10.0 Å². The fraction of sp³-hybridized carbons (Fsp3) is 0.0769. The quantitative estimate of drug-likeness (QED) is 0.697. The van der Waals surface area contributed by atoms with Gasteiger partial charge in [0.05, 0.1) is 15.6 Å². The van der Waals surface area contributed by atoms with E-state index in [-0.39, 0.29) is 22.2 Å². The van der Waals surface area contributed by atoms with E-state index in [1.807, 2.05) is 0 Å².